The Morgan fingerprint density at radius 3 is 2.14 bits per heavy atom. The molecule has 0 unspecified atom stereocenters. The molecule has 1 atom stereocenters. The van der Waals surface area contributed by atoms with Gasteiger partial charge in [-0.3, -0.25) is 4.79 Å². The maximum atomic E-state index is 12.4. The lowest BCUT2D eigenvalue weighted by atomic mass is 10.0. The summed E-state index contributed by atoms with van der Waals surface area (Å²) in [5.74, 6) is -0.0299. The average Bonchev–Trinajstić information content (AvgIpc) is 2.53. The van der Waals surface area contributed by atoms with E-state index in [4.69, 9.17) is 0 Å². The molecule has 0 radical (unpaired) electrons. The van der Waals surface area contributed by atoms with Gasteiger partial charge in [0, 0.05) is 25.3 Å². The minimum Gasteiger partial charge on any atom is -0.378 e. The first-order chi connectivity index (χ1) is 10.5. The maximum absolute atomic E-state index is 12.4. The third kappa shape index (κ3) is 3.88. The Labute approximate surface area is 133 Å². The summed E-state index contributed by atoms with van der Waals surface area (Å²) in [6.07, 6.45) is 0.866. The van der Waals surface area contributed by atoms with Gasteiger partial charge < -0.3 is 10.2 Å². The van der Waals surface area contributed by atoms with Gasteiger partial charge in [-0.05, 0) is 43.2 Å². The van der Waals surface area contributed by atoms with Gasteiger partial charge in [0.2, 0.25) is 0 Å². The van der Waals surface area contributed by atoms with Crippen molar-refractivity contribution in [2.24, 2.45) is 0 Å². The van der Waals surface area contributed by atoms with Gasteiger partial charge in [-0.2, -0.15) is 0 Å². The second kappa shape index (κ2) is 7.12. The predicted molar refractivity (Wildman–Crippen MR) is 92.4 cm³/mol. The van der Waals surface area contributed by atoms with E-state index < -0.39 is 0 Å². The summed E-state index contributed by atoms with van der Waals surface area (Å²) >= 11 is 0. The van der Waals surface area contributed by atoms with Crippen molar-refractivity contribution in [1.82, 2.24) is 5.32 Å². The monoisotopic (exact) mass is 296 g/mol. The summed E-state index contributed by atoms with van der Waals surface area (Å²) in [4.78, 5) is 14.4. The molecule has 2 rings (SSSR count). The van der Waals surface area contributed by atoms with Gasteiger partial charge in [-0.25, -0.2) is 0 Å². The fourth-order valence-electron chi connectivity index (χ4n) is 2.37. The van der Waals surface area contributed by atoms with Gasteiger partial charge in [0.15, 0.2) is 0 Å². The molecule has 0 aromatic heterocycles. The Morgan fingerprint density at radius 2 is 1.64 bits per heavy atom. The minimum absolute atomic E-state index is 0.0299. The molecule has 1 N–H and O–H groups in total. The van der Waals surface area contributed by atoms with E-state index in [1.807, 2.05) is 43.3 Å². The van der Waals surface area contributed by atoms with Gasteiger partial charge in [0.05, 0.1) is 6.04 Å². The number of aryl methyl sites for hydroxylation is 1. The molecule has 116 valence electrons. The molecule has 0 aliphatic rings. The van der Waals surface area contributed by atoms with Crippen molar-refractivity contribution in [3.63, 3.8) is 0 Å². The van der Waals surface area contributed by atoms with Crippen molar-refractivity contribution >= 4 is 11.6 Å². The van der Waals surface area contributed by atoms with Crippen LogP contribution in [0.4, 0.5) is 5.69 Å². The lowest BCUT2D eigenvalue weighted by Crippen LogP contribution is -2.28. The smallest absolute Gasteiger partial charge is 0.251 e. The fraction of sp³-hybridized carbons (Fsp3) is 0.316. The molecular weight excluding hydrogens is 272 g/mol. The maximum Gasteiger partial charge on any atom is 0.251 e. The summed E-state index contributed by atoms with van der Waals surface area (Å²) in [5, 5.41) is 3.11. The second-order valence-corrected chi connectivity index (χ2v) is 5.79. The van der Waals surface area contributed by atoms with E-state index in [2.05, 4.69) is 43.4 Å². The minimum atomic E-state index is -0.0299. The van der Waals surface area contributed by atoms with Crippen molar-refractivity contribution < 1.29 is 4.79 Å². The van der Waals surface area contributed by atoms with Crippen LogP contribution < -0.4 is 10.2 Å². The van der Waals surface area contributed by atoms with Crippen LogP contribution in [-0.2, 0) is 0 Å². The number of hydrogen-bond acceptors (Lipinski definition) is 2. The molecule has 0 fully saturated rings. The lowest BCUT2D eigenvalue weighted by Gasteiger charge is -2.18. The Kier molecular flexibility index (Phi) is 5.21. The van der Waals surface area contributed by atoms with Crippen molar-refractivity contribution in [3.8, 4) is 0 Å². The summed E-state index contributed by atoms with van der Waals surface area (Å²) in [6.45, 7) is 4.15. The van der Waals surface area contributed by atoms with Crippen molar-refractivity contribution in [2.45, 2.75) is 26.3 Å². The molecule has 22 heavy (non-hydrogen) atoms. The predicted octanol–water partition coefficient (Wildman–Crippen LogP) is 3.94. The zero-order valence-corrected chi connectivity index (χ0v) is 13.8. The number of amides is 1. The van der Waals surface area contributed by atoms with E-state index in [0.717, 1.165) is 17.7 Å². The Balaban J connectivity index is 2.10. The van der Waals surface area contributed by atoms with Gasteiger partial charge >= 0.3 is 0 Å². The van der Waals surface area contributed by atoms with Crippen molar-refractivity contribution in [1.29, 1.82) is 0 Å². The number of carbonyl (C=O) groups excluding carboxylic acids is 1. The summed E-state index contributed by atoms with van der Waals surface area (Å²) in [6, 6.07) is 16.0. The molecule has 1 amide bonds. The van der Waals surface area contributed by atoms with Crippen LogP contribution in [0, 0.1) is 6.92 Å². The van der Waals surface area contributed by atoms with E-state index in [9.17, 15) is 4.79 Å². The summed E-state index contributed by atoms with van der Waals surface area (Å²) in [5.41, 5.74) is 4.15. The SMILES string of the molecule is CC[C@@H](NC(=O)c1ccc(N(C)C)cc1)c1ccc(C)cc1. The molecule has 0 spiro atoms. The third-order valence-electron chi connectivity index (χ3n) is 3.84. The van der Waals surface area contributed by atoms with Gasteiger partial charge in [-0.15, -0.1) is 0 Å². The highest BCUT2D eigenvalue weighted by Crippen LogP contribution is 2.18. The first-order valence-electron chi connectivity index (χ1n) is 7.66. The largest absolute Gasteiger partial charge is 0.378 e. The molecular formula is C19H24N2O. The highest BCUT2D eigenvalue weighted by molar-refractivity contribution is 5.94. The first-order valence-corrected chi connectivity index (χ1v) is 7.66. The fourth-order valence-corrected chi connectivity index (χ4v) is 2.37. The van der Waals surface area contributed by atoms with Crippen LogP contribution in [0.25, 0.3) is 0 Å². The number of nitrogens with zero attached hydrogens (tertiary/aromatic N) is 1. The molecule has 0 saturated carbocycles. The number of carbonyl (C=O) groups is 1. The normalized spacial score (nSPS) is 11.8. The highest BCUT2D eigenvalue weighted by Gasteiger charge is 2.14. The van der Waals surface area contributed by atoms with Gasteiger partial charge in [0.25, 0.3) is 5.91 Å². The zero-order valence-electron chi connectivity index (χ0n) is 13.8. The first kappa shape index (κ1) is 16.1. The highest BCUT2D eigenvalue weighted by atomic mass is 16.1. The molecule has 0 saturated heterocycles. The van der Waals surface area contributed by atoms with Crippen LogP contribution in [0.3, 0.4) is 0 Å². The Hall–Kier alpha value is -2.29. The Morgan fingerprint density at radius 1 is 1.05 bits per heavy atom. The van der Waals surface area contributed by atoms with Crippen molar-refractivity contribution in [2.75, 3.05) is 19.0 Å². The number of hydrogen-bond donors (Lipinski definition) is 1. The van der Waals surface area contributed by atoms with Gasteiger partial charge in [-0.1, -0.05) is 36.8 Å². The molecule has 0 aliphatic heterocycles. The van der Waals surface area contributed by atoms with Crippen LogP contribution in [0.5, 0.6) is 0 Å². The molecule has 0 bridgehead atoms. The number of nitrogens with one attached hydrogen (secondary N) is 1. The van der Waals surface area contributed by atoms with E-state index >= 15 is 0 Å². The number of rotatable bonds is 5. The molecule has 0 heterocycles. The number of anilines is 1. The van der Waals surface area contributed by atoms with Crippen LogP contribution in [-0.4, -0.2) is 20.0 Å². The third-order valence-corrected chi connectivity index (χ3v) is 3.84. The van der Waals surface area contributed by atoms with Crippen molar-refractivity contribution in [3.05, 3.63) is 65.2 Å². The zero-order chi connectivity index (χ0) is 16.1. The molecule has 3 nitrogen and oxygen atoms in total. The molecule has 2 aromatic carbocycles. The van der Waals surface area contributed by atoms with E-state index in [-0.39, 0.29) is 11.9 Å². The second-order valence-electron chi connectivity index (χ2n) is 5.79. The Bertz CT molecular complexity index is 615. The topological polar surface area (TPSA) is 32.3 Å². The van der Waals surface area contributed by atoms with E-state index in [1.165, 1.54) is 5.56 Å². The van der Waals surface area contributed by atoms with Crippen LogP contribution >= 0.6 is 0 Å². The molecule has 3 heteroatoms. The standard InChI is InChI=1S/C19H24N2O/c1-5-18(15-8-6-14(2)7-9-15)20-19(22)16-10-12-17(13-11-16)21(3)4/h6-13,18H,5H2,1-4H3,(H,20,22)/t18-/m1/s1. The van der Waals surface area contributed by atoms with Crippen LogP contribution in [0.15, 0.2) is 48.5 Å². The lowest BCUT2D eigenvalue weighted by molar-refractivity contribution is 0.0935. The van der Waals surface area contributed by atoms with E-state index in [0.29, 0.717) is 5.56 Å². The molecule has 2 aromatic rings. The quantitative estimate of drug-likeness (QED) is 0.906. The average molecular weight is 296 g/mol. The van der Waals surface area contributed by atoms with Crippen LogP contribution in [0.1, 0.15) is 40.9 Å². The summed E-state index contributed by atoms with van der Waals surface area (Å²) < 4.78 is 0. The number of benzene rings is 2. The summed E-state index contributed by atoms with van der Waals surface area (Å²) in [7, 11) is 3.97. The van der Waals surface area contributed by atoms with E-state index in [1.54, 1.807) is 0 Å². The molecule has 0 aliphatic carbocycles. The van der Waals surface area contributed by atoms with Gasteiger partial charge in [0.1, 0.15) is 0 Å². The van der Waals surface area contributed by atoms with Crippen LogP contribution in [0.2, 0.25) is 0 Å².